The molecule has 3 aromatic rings. The van der Waals surface area contributed by atoms with Crippen LogP contribution in [-0.2, 0) is 24.3 Å². The van der Waals surface area contributed by atoms with E-state index in [9.17, 15) is 9.59 Å². The number of ketones is 1. The molecule has 2 heterocycles. The van der Waals surface area contributed by atoms with Crippen molar-refractivity contribution >= 4 is 28.2 Å². The number of ether oxygens (including phenoxy) is 1. The van der Waals surface area contributed by atoms with Gasteiger partial charge in [-0.15, -0.1) is 11.3 Å². The highest BCUT2D eigenvalue weighted by Gasteiger charge is 2.29. The number of carbonyl (C=O) groups excluding carboxylic acids is 2. The van der Waals surface area contributed by atoms with Gasteiger partial charge in [0.2, 0.25) is 0 Å². The summed E-state index contributed by atoms with van der Waals surface area (Å²) in [5.41, 5.74) is 10.4. The number of hydrogen-bond acceptors (Lipinski definition) is 5. The number of benzene rings is 2. The number of rotatable bonds is 4. The van der Waals surface area contributed by atoms with Crippen LogP contribution in [0.2, 0.25) is 0 Å². The van der Waals surface area contributed by atoms with Gasteiger partial charge in [0, 0.05) is 17.0 Å². The van der Waals surface area contributed by atoms with E-state index in [0.29, 0.717) is 35.6 Å². The molecular weight excluding hydrogens is 384 g/mol. The summed E-state index contributed by atoms with van der Waals surface area (Å²) in [7, 11) is 0. The Balaban J connectivity index is 1.48. The Labute approximate surface area is 173 Å². The lowest BCUT2D eigenvalue weighted by Crippen LogP contribution is -2.36. The summed E-state index contributed by atoms with van der Waals surface area (Å²) >= 11 is 1.39. The van der Waals surface area contributed by atoms with E-state index in [1.807, 2.05) is 61.5 Å². The number of anilines is 1. The maximum Gasteiger partial charge on any atom is 0.410 e. The monoisotopic (exact) mass is 406 g/mol. The summed E-state index contributed by atoms with van der Waals surface area (Å²) in [6, 6.07) is 17.1. The van der Waals surface area contributed by atoms with Crippen molar-refractivity contribution in [3.05, 3.63) is 87.3 Å². The highest BCUT2D eigenvalue weighted by Crippen LogP contribution is 2.36. The first kappa shape index (κ1) is 19.2. The number of nitrogens with two attached hydrogens (primary N) is 1. The van der Waals surface area contributed by atoms with Crippen LogP contribution in [0.15, 0.2) is 54.6 Å². The number of nitrogen functional groups attached to an aromatic ring is 1. The number of amides is 1. The van der Waals surface area contributed by atoms with Gasteiger partial charge < -0.3 is 15.4 Å². The first-order chi connectivity index (χ1) is 14.0. The summed E-state index contributed by atoms with van der Waals surface area (Å²) in [6.07, 6.45) is 0.244. The Morgan fingerprint density at radius 2 is 1.83 bits per heavy atom. The second-order valence-corrected chi connectivity index (χ2v) is 8.29. The van der Waals surface area contributed by atoms with Gasteiger partial charge in [0.05, 0.1) is 17.1 Å². The molecule has 29 heavy (non-hydrogen) atoms. The Morgan fingerprint density at radius 1 is 1.10 bits per heavy atom. The molecule has 0 fully saturated rings. The third-order valence-corrected chi connectivity index (χ3v) is 6.13. The van der Waals surface area contributed by atoms with Crippen molar-refractivity contribution in [3.63, 3.8) is 0 Å². The van der Waals surface area contributed by atoms with Crippen molar-refractivity contribution in [1.29, 1.82) is 0 Å². The minimum Gasteiger partial charge on any atom is -0.445 e. The zero-order chi connectivity index (χ0) is 20.4. The van der Waals surface area contributed by atoms with Gasteiger partial charge in [-0.2, -0.15) is 0 Å². The predicted molar refractivity (Wildman–Crippen MR) is 114 cm³/mol. The molecule has 0 bridgehead atoms. The topological polar surface area (TPSA) is 72.6 Å². The van der Waals surface area contributed by atoms with Crippen molar-refractivity contribution in [3.8, 4) is 0 Å². The minimum atomic E-state index is -0.349. The Morgan fingerprint density at radius 3 is 2.55 bits per heavy atom. The average molecular weight is 407 g/mol. The average Bonchev–Trinajstić information content (AvgIpc) is 3.07. The van der Waals surface area contributed by atoms with Crippen molar-refractivity contribution in [2.75, 3.05) is 12.3 Å². The molecule has 1 amide bonds. The molecule has 6 heteroatoms. The van der Waals surface area contributed by atoms with Gasteiger partial charge in [-0.05, 0) is 24.5 Å². The summed E-state index contributed by atoms with van der Waals surface area (Å²) < 4.78 is 5.44. The lowest BCUT2D eigenvalue weighted by atomic mass is 9.96. The van der Waals surface area contributed by atoms with Gasteiger partial charge in [-0.25, -0.2) is 4.79 Å². The fraction of sp³-hybridized carbons (Fsp3) is 0.217. The number of aryl methyl sites for hydroxylation is 1. The van der Waals surface area contributed by atoms with Crippen LogP contribution >= 0.6 is 11.3 Å². The van der Waals surface area contributed by atoms with Crippen molar-refractivity contribution < 1.29 is 14.3 Å². The van der Waals surface area contributed by atoms with E-state index in [1.54, 1.807) is 4.90 Å². The van der Waals surface area contributed by atoms with Crippen LogP contribution in [0.4, 0.5) is 9.80 Å². The molecule has 0 unspecified atom stereocenters. The first-order valence-electron chi connectivity index (χ1n) is 9.50. The molecule has 2 aromatic carbocycles. The van der Waals surface area contributed by atoms with E-state index in [-0.39, 0.29) is 18.5 Å². The Hall–Kier alpha value is -3.12. The Bertz CT molecular complexity index is 1040. The van der Waals surface area contributed by atoms with Gasteiger partial charge in [0.25, 0.3) is 0 Å². The molecule has 0 radical (unpaired) electrons. The largest absolute Gasteiger partial charge is 0.445 e. The molecule has 0 aliphatic carbocycles. The Kier molecular flexibility index (Phi) is 5.36. The molecule has 2 N–H and O–H groups in total. The van der Waals surface area contributed by atoms with Gasteiger partial charge in [0.1, 0.15) is 6.61 Å². The van der Waals surface area contributed by atoms with Crippen LogP contribution < -0.4 is 5.73 Å². The maximum atomic E-state index is 13.0. The normalized spacial score (nSPS) is 13.1. The highest BCUT2D eigenvalue weighted by molar-refractivity contribution is 7.16. The van der Waals surface area contributed by atoms with Gasteiger partial charge >= 0.3 is 6.09 Å². The second kappa shape index (κ2) is 8.09. The lowest BCUT2D eigenvalue weighted by molar-refractivity contribution is 0.0923. The number of hydrogen-bond donors (Lipinski definition) is 1. The fourth-order valence-electron chi connectivity index (χ4n) is 3.49. The third-order valence-electron chi connectivity index (χ3n) is 5.09. The molecule has 148 valence electrons. The number of nitrogens with zero attached hydrogens (tertiary/aromatic N) is 1. The molecule has 4 rings (SSSR count). The van der Waals surface area contributed by atoms with Crippen LogP contribution in [0.1, 0.15) is 37.5 Å². The van der Waals surface area contributed by atoms with E-state index in [0.717, 1.165) is 21.6 Å². The van der Waals surface area contributed by atoms with Crippen LogP contribution in [-0.4, -0.2) is 23.3 Å². The van der Waals surface area contributed by atoms with Crippen LogP contribution in [0.25, 0.3) is 0 Å². The lowest BCUT2D eigenvalue weighted by Gasteiger charge is -2.26. The molecule has 1 aromatic heterocycles. The molecule has 1 aliphatic rings. The van der Waals surface area contributed by atoms with E-state index in [1.165, 1.54) is 11.3 Å². The smallest absolute Gasteiger partial charge is 0.410 e. The maximum absolute atomic E-state index is 13.0. The number of thiophene rings is 1. The van der Waals surface area contributed by atoms with E-state index in [2.05, 4.69) is 0 Å². The summed E-state index contributed by atoms with van der Waals surface area (Å²) in [4.78, 5) is 28.1. The van der Waals surface area contributed by atoms with Crippen LogP contribution in [0.3, 0.4) is 0 Å². The van der Waals surface area contributed by atoms with Gasteiger partial charge in [-0.3, -0.25) is 4.79 Å². The molecule has 1 aliphatic heterocycles. The molecule has 5 nitrogen and oxygen atoms in total. The first-order valence-corrected chi connectivity index (χ1v) is 10.3. The second-order valence-electron chi connectivity index (χ2n) is 7.15. The quantitative estimate of drug-likeness (QED) is 0.645. The fourth-order valence-corrected chi connectivity index (χ4v) is 4.62. The zero-order valence-electron chi connectivity index (χ0n) is 16.2. The molecule has 0 atom stereocenters. The standard InChI is InChI=1S/C23H22N2O3S/c1-15-7-9-17(10-8-15)21(26)20-18-11-12-25(13-19(18)29-22(20)24)23(27)28-14-16-5-3-2-4-6-16/h2-10H,11-14,24H2,1H3. The van der Waals surface area contributed by atoms with E-state index < -0.39 is 0 Å². The molecule has 0 saturated carbocycles. The molecular formula is C23H22N2O3S. The predicted octanol–water partition coefficient (Wildman–Crippen LogP) is 4.56. The summed E-state index contributed by atoms with van der Waals surface area (Å²) in [5.74, 6) is -0.0555. The summed E-state index contributed by atoms with van der Waals surface area (Å²) in [6.45, 7) is 3.15. The minimum absolute atomic E-state index is 0.0555. The van der Waals surface area contributed by atoms with Crippen LogP contribution in [0.5, 0.6) is 0 Å². The van der Waals surface area contributed by atoms with Gasteiger partial charge in [-0.1, -0.05) is 60.2 Å². The SMILES string of the molecule is Cc1ccc(C(=O)c2c(N)sc3c2CCN(C(=O)OCc2ccccc2)C3)cc1. The zero-order valence-corrected chi connectivity index (χ0v) is 17.0. The molecule has 0 spiro atoms. The van der Waals surface area contributed by atoms with Gasteiger partial charge in [0.15, 0.2) is 5.78 Å². The summed E-state index contributed by atoms with van der Waals surface area (Å²) in [5, 5.41) is 0.514. The van der Waals surface area contributed by atoms with Crippen LogP contribution in [0, 0.1) is 6.92 Å². The van der Waals surface area contributed by atoms with Crippen molar-refractivity contribution in [2.45, 2.75) is 26.5 Å². The highest BCUT2D eigenvalue weighted by atomic mass is 32.1. The van der Waals surface area contributed by atoms with Crippen molar-refractivity contribution in [1.82, 2.24) is 4.90 Å². The van der Waals surface area contributed by atoms with Crippen molar-refractivity contribution in [2.24, 2.45) is 0 Å². The third kappa shape index (κ3) is 4.03. The number of fused-ring (bicyclic) bond motifs is 1. The van der Waals surface area contributed by atoms with E-state index in [4.69, 9.17) is 10.5 Å². The number of carbonyl (C=O) groups is 2. The van der Waals surface area contributed by atoms with E-state index >= 15 is 0 Å². The molecule has 0 saturated heterocycles.